The van der Waals surface area contributed by atoms with Gasteiger partial charge in [-0.25, -0.2) is 0 Å². The monoisotopic (exact) mass is 241 g/mol. The normalized spacial score (nSPS) is 10.3. The average molecular weight is 241 g/mol. The highest BCUT2D eigenvalue weighted by Gasteiger charge is 1.98. The summed E-state index contributed by atoms with van der Waals surface area (Å²) in [6, 6.07) is 16.8. The van der Waals surface area contributed by atoms with E-state index < -0.39 is 0 Å². The van der Waals surface area contributed by atoms with Crippen LogP contribution in [0.4, 0.5) is 0 Å². The summed E-state index contributed by atoms with van der Waals surface area (Å²) in [4.78, 5) is 0. The molecular weight excluding hydrogens is 222 g/mol. The smallest absolute Gasteiger partial charge is 0.119 e. The molecule has 0 radical (unpaired) electrons. The molecule has 2 rings (SSSR count). The Bertz CT molecular complexity index is 473. The number of rotatable bonds is 5. The molecule has 0 atom stereocenters. The molecule has 2 aromatic carbocycles. The van der Waals surface area contributed by atoms with Crippen LogP contribution in [0.3, 0.4) is 0 Å². The second-order valence-corrected chi connectivity index (χ2v) is 4.34. The van der Waals surface area contributed by atoms with Crippen molar-refractivity contribution in [3.8, 4) is 16.9 Å². The van der Waals surface area contributed by atoms with Crippen LogP contribution < -0.4 is 10.1 Å². The number of nitrogens with one attached hydrogen (secondary N) is 1. The summed E-state index contributed by atoms with van der Waals surface area (Å²) in [6.07, 6.45) is 0. The second-order valence-electron chi connectivity index (χ2n) is 4.34. The molecule has 0 heterocycles. The highest BCUT2D eigenvalue weighted by molar-refractivity contribution is 5.64. The van der Waals surface area contributed by atoms with Gasteiger partial charge < -0.3 is 10.1 Å². The van der Waals surface area contributed by atoms with Gasteiger partial charge in [0, 0.05) is 6.54 Å². The summed E-state index contributed by atoms with van der Waals surface area (Å²) in [6.45, 7) is 3.66. The van der Waals surface area contributed by atoms with E-state index in [0.717, 1.165) is 12.3 Å². The van der Waals surface area contributed by atoms with Crippen LogP contribution in [0.5, 0.6) is 5.75 Å². The van der Waals surface area contributed by atoms with Gasteiger partial charge in [-0.05, 0) is 37.2 Å². The molecule has 94 valence electrons. The van der Waals surface area contributed by atoms with Crippen molar-refractivity contribution >= 4 is 0 Å². The minimum Gasteiger partial charge on any atom is -0.492 e. The Hall–Kier alpha value is -1.80. The molecule has 0 aliphatic rings. The molecule has 0 saturated heterocycles. The first kappa shape index (κ1) is 12.7. The van der Waals surface area contributed by atoms with Crippen molar-refractivity contribution in [2.24, 2.45) is 0 Å². The largest absolute Gasteiger partial charge is 0.492 e. The predicted octanol–water partition coefficient (Wildman–Crippen LogP) is 3.26. The molecule has 0 fully saturated rings. The number of benzene rings is 2. The molecule has 0 amide bonds. The van der Waals surface area contributed by atoms with Gasteiger partial charge in [-0.2, -0.15) is 0 Å². The zero-order chi connectivity index (χ0) is 12.8. The van der Waals surface area contributed by atoms with Gasteiger partial charge in [0.2, 0.25) is 0 Å². The van der Waals surface area contributed by atoms with E-state index in [0.29, 0.717) is 6.61 Å². The van der Waals surface area contributed by atoms with Gasteiger partial charge in [-0.15, -0.1) is 0 Å². The summed E-state index contributed by atoms with van der Waals surface area (Å²) in [5, 5.41) is 3.06. The Balaban J connectivity index is 2.05. The van der Waals surface area contributed by atoms with Gasteiger partial charge in [0.25, 0.3) is 0 Å². The number of hydrogen-bond acceptors (Lipinski definition) is 2. The van der Waals surface area contributed by atoms with Crippen LogP contribution in [0.2, 0.25) is 0 Å². The fraction of sp³-hybridized carbons (Fsp3) is 0.250. The van der Waals surface area contributed by atoms with Crippen molar-refractivity contribution in [1.82, 2.24) is 5.32 Å². The maximum Gasteiger partial charge on any atom is 0.119 e. The van der Waals surface area contributed by atoms with E-state index >= 15 is 0 Å². The topological polar surface area (TPSA) is 21.3 Å². The third-order valence-corrected chi connectivity index (χ3v) is 2.86. The van der Waals surface area contributed by atoms with Crippen LogP contribution in [0.25, 0.3) is 11.1 Å². The van der Waals surface area contributed by atoms with Gasteiger partial charge >= 0.3 is 0 Å². The standard InChI is InChI=1S/C16H19NO/c1-13-3-5-14(6-4-13)15-7-9-16(10-8-15)18-12-11-17-2/h3-10,17H,11-12H2,1-2H3. The SMILES string of the molecule is CNCCOc1ccc(-c2ccc(C)cc2)cc1. The molecule has 0 aromatic heterocycles. The summed E-state index contributed by atoms with van der Waals surface area (Å²) in [5.41, 5.74) is 3.74. The second kappa shape index (κ2) is 6.22. The lowest BCUT2D eigenvalue weighted by Crippen LogP contribution is -2.15. The number of ether oxygens (including phenoxy) is 1. The third kappa shape index (κ3) is 3.34. The molecule has 2 aromatic rings. The van der Waals surface area contributed by atoms with E-state index in [-0.39, 0.29) is 0 Å². The van der Waals surface area contributed by atoms with Gasteiger partial charge in [0.1, 0.15) is 12.4 Å². The number of aryl methyl sites for hydroxylation is 1. The van der Waals surface area contributed by atoms with Crippen molar-refractivity contribution in [1.29, 1.82) is 0 Å². The minimum absolute atomic E-state index is 0.695. The molecule has 2 heteroatoms. The van der Waals surface area contributed by atoms with E-state index in [4.69, 9.17) is 4.74 Å². The molecule has 0 unspecified atom stereocenters. The highest BCUT2D eigenvalue weighted by atomic mass is 16.5. The van der Waals surface area contributed by atoms with Crippen LogP contribution in [0.15, 0.2) is 48.5 Å². The van der Waals surface area contributed by atoms with Gasteiger partial charge in [-0.3, -0.25) is 0 Å². The van der Waals surface area contributed by atoms with E-state index in [1.807, 2.05) is 19.2 Å². The van der Waals surface area contributed by atoms with Crippen molar-refractivity contribution < 1.29 is 4.74 Å². The minimum atomic E-state index is 0.695. The first-order chi connectivity index (χ1) is 8.79. The molecule has 0 bridgehead atoms. The van der Waals surface area contributed by atoms with Crippen molar-refractivity contribution in [3.63, 3.8) is 0 Å². The van der Waals surface area contributed by atoms with E-state index in [1.54, 1.807) is 0 Å². The fourth-order valence-electron chi connectivity index (χ4n) is 1.76. The van der Waals surface area contributed by atoms with Crippen LogP contribution in [-0.4, -0.2) is 20.2 Å². The maximum absolute atomic E-state index is 5.59. The molecule has 0 aliphatic heterocycles. The summed E-state index contributed by atoms with van der Waals surface area (Å²) in [5.74, 6) is 0.918. The predicted molar refractivity (Wildman–Crippen MR) is 76.0 cm³/mol. The Morgan fingerprint density at radius 1 is 0.889 bits per heavy atom. The Morgan fingerprint density at radius 2 is 1.44 bits per heavy atom. The summed E-state index contributed by atoms with van der Waals surface area (Å²) in [7, 11) is 1.92. The van der Waals surface area contributed by atoms with Crippen molar-refractivity contribution in [2.45, 2.75) is 6.92 Å². The lowest BCUT2D eigenvalue weighted by molar-refractivity contribution is 0.318. The van der Waals surface area contributed by atoms with Gasteiger partial charge in [0.05, 0.1) is 0 Å². The van der Waals surface area contributed by atoms with E-state index in [1.165, 1.54) is 16.7 Å². The Morgan fingerprint density at radius 3 is 2.00 bits per heavy atom. The lowest BCUT2D eigenvalue weighted by Gasteiger charge is -2.07. The Labute approximate surface area is 109 Å². The molecular formula is C16H19NO. The molecule has 0 spiro atoms. The van der Waals surface area contributed by atoms with Gasteiger partial charge in [-0.1, -0.05) is 42.0 Å². The number of likely N-dealkylation sites (N-methyl/N-ethyl adjacent to an activating group) is 1. The average Bonchev–Trinajstić information content (AvgIpc) is 2.41. The lowest BCUT2D eigenvalue weighted by atomic mass is 10.0. The molecule has 1 N–H and O–H groups in total. The first-order valence-corrected chi connectivity index (χ1v) is 6.24. The van der Waals surface area contributed by atoms with E-state index in [2.05, 4.69) is 48.6 Å². The zero-order valence-electron chi connectivity index (χ0n) is 10.9. The zero-order valence-corrected chi connectivity index (χ0v) is 10.9. The molecule has 2 nitrogen and oxygen atoms in total. The first-order valence-electron chi connectivity index (χ1n) is 6.24. The molecule has 0 saturated carbocycles. The van der Waals surface area contributed by atoms with Crippen LogP contribution >= 0.6 is 0 Å². The van der Waals surface area contributed by atoms with Crippen LogP contribution in [0, 0.1) is 6.92 Å². The summed E-state index contributed by atoms with van der Waals surface area (Å²) >= 11 is 0. The van der Waals surface area contributed by atoms with Crippen molar-refractivity contribution in [3.05, 3.63) is 54.1 Å². The quantitative estimate of drug-likeness (QED) is 0.811. The Kier molecular flexibility index (Phi) is 4.37. The number of hydrogen-bond donors (Lipinski definition) is 1. The third-order valence-electron chi connectivity index (χ3n) is 2.86. The van der Waals surface area contributed by atoms with Crippen LogP contribution in [0.1, 0.15) is 5.56 Å². The maximum atomic E-state index is 5.59. The highest BCUT2D eigenvalue weighted by Crippen LogP contribution is 2.22. The molecule has 0 aliphatic carbocycles. The fourth-order valence-corrected chi connectivity index (χ4v) is 1.76. The molecule has 18 heavy (non-hydrogen) atoms. The van der Waals surface area contributed by atoms with Crippen LogP contribution in [-0.2, 0) is 0 Å². The summed E-state index contributed by atoms with van der Waals surface area (Å²) < 4.78 is 5.59. The van der Waals surface area contributed by atoms with E-state index in [9.17, 15) is 0 Å². The van der Waals surface area contributed by atoms with Gasteiger partial charge in [0.15, 0.2) is 0 Å². The van der Waals surface area contributed by atoms with Crippen molar-refractivity contribution in [2.75, 3.05) is 20.2 Å².